The Kier molecular flexibility index (Phi) is 16.2. The highest BCUT2D eigenvalue weighted by Gasteiger charge is 2.43. The molecule has 364 valence electrons. The molecule has 0 bridgehead atoms. The first-order valence-corrected chi connectivity index (χ1v) is 25.4. The number of nitrogens with one attached hydrogen (secondary N) is 3. The van der Waals surface area contributed by atoms with Gasteiger partial charge in [0.25, 0.3) is 0 Å². The number of likely N-dealkylation sites (tertiary alicyclic amines) is 1. The van der Waals surface area contributed by atoms with Gasteiger partial charge >= 0.3 is 0 Å². The number of unbranched alkanes of at least 4 members (excludes halogenated alkanes) is 1. The number of nitrogens with zero attached hydrogens (tertiary/aromatic N) is 6. The third-order valence-corrected chi connectivity index (χ3v) is 15.5. The van der Waals surface area contributed by atoms with Gasteiger partial charge in [0.2, 0.25) is 23.7 Å². The van der Waals surface area contributed by atoms with E-state index in [-0.39, 0.29) is 41.4 Å². The summed E-state index contributed by atoms with van der Waals surface area (Å²) < 4.78 is 5.77. The van der Waals surface area contributed by atoms with Crippen molar-refractivity contribution in [1.82, 2.24) is 35.4 Å². The van der Waals surface area contributed by atoms with Gasteiger partial charge in [-0.25, -0.2) is 15.0 Å². The van der Waals surface area contributed by atoms with Crippen LogP contribution in [-0.4, -0.2) is 106 Å². The predicted octanol–water partition coefficient (Wildman–Crippen LogP) is 5.52. The van der Waals surface area contributed by atoms with Crippen molar-refractivity contribution in [3.8, 4) is 10.4 Å². The lowest BCUT2D eigenvalue weighted by Gasteiger charge is -2.33. The summed E-state index contributed by atoms with van der Waals surface area (Å²) in [7, 11) is 0. The number of thiophene rings is 1. The number of nitrogens with two attached hydrogens (primary N) is 3. The second kappa shape index (κ2) is 22.0. The van der Waals surface area contributed by atoms with E-state index in [9.17, 15) is 19.2 Å². The normalized spacial score (nSPS) is 20.4. The fourth-order valence-corrected chi connectivity index (χ4v) is 11.7. The molecule has 68 heavy (non-hydrogen) atoms. The van der Waals surface area contributed by atoms with Crippen LogP contribution in [0.2, 0.25) is 0 Å². The minimum atomic E-state index is -0.995. The van der Waals surface area contributed by atoms with E-state index in [0.29, 0.717) is 67.7 Å². The van der Waals surface area contributed by atoms with E-state index in [1.165, 1.54) is 17.4 Å². The monoisotopic (exact) mass is 966 g/mol. The van der Waals surface area contributed by atoms with Crippen LogP contribution in [0.5, 0.6) is 0 Å². The summed E-state index contributed by atoms with van der Waals surface area (Å²) >= 11 is 3.02. The van der Waals surface area contributed by atoms with Crippen LogP contribution in [0.25, 0.3) is 10.4 Å². The highest BCUT2D eigenvalue weighted by atomic mass is 32.1. The Balaban J connectivity index is 0.845. The van der Waals surface area contributed by atoms with Crippen LogP contribution in [-0.2, 0) is 42.3 Å². The van der Waals surface area contributed by atoms with Gasteiger partial charge in [-0.1, -0.05) is 38.1 Å². The molecule has 0 saturated carbocycles. The SMILES string of the molecule is Cc1ncsc1-c1ccc(CNC(=O)[C@@H]2CCCN2C(=O)[C@H](C(=O)C=C(N)OCCCCN2CCCN(c3nccc(C(=N)NC(=O)[C@@]4(C)CCCc5sc(N)c(N)c54)n3)[C@@H](C)C2)C(C)C)cc1. The Morgan fingerprint density at radius 2 is 1.82 bits per heavy atom. The Labute approximate surface area is 406 Å². The molecule has 0 spiro atoms. The topological polar surface area (TPSA) is 252 Å². The van der Waals surface area contributed by atoms with Crippen LogP contribution in [0.1, 0.15) is 100 Å². The number of ether oxygens (including phenoxy) is 1. The smallest absolute Gasteiger partial charge is 0.243 e. The third-order valence-electron chi connectivity index (χ3n) is 13.4. The second-order valence-electron chi connectivity index (χ2n) is 18.7. The molecule has 5 heterocycles. The van der Waals surface area contributed by atoms with E-state index < -0.39 is 23.2 Å². The average molecular weight is 967 g/mol. The van der Waals surface area contributed by atoms with E-state index in [4.69, 9.17) is 32.3 Å². The molecule has 3 aromatic heterocycles. The van der Waals surface area contributed by atoms with Gasteiger partial charge in [-0.05, 0) is 108 Å². The van der Waals surface area contributed by atoms with Crippen molar-refractivity contribution >= 4 is 68.7 Å². The first-order chi connectivity index (χ1) is 32.5. The van der Waals surface area contributed by atoms with Crippen molar-refractivity contribution in [1.29, 1.82) is 5.41 Å². The van der Waals surface area contributed by atoms with Crippen LogP contribution in [0.15, 0.2) is 54.0 Å². The predicted molar refractivity (Wildman–Crippen MR) is 268 cm³/mol. The summed E-state index contributed by atoms with van der Waals surface area (Å²) in [5.41, 5.74) is 24.2. The van der Waals surface area contributed by atoms with Gasteiger partial charge in [0.15, 0.2) is 17.5 Å². The number of hydrogen-bond acceptors (Lipinski definition) is 16. The van der Waals surface area contributed by atoms with Crippen molar-refractivity contribution < 1.29 is 23.9 Å². The summed E-state index contributed by atoms with van der Waals surface area (Å²) in [6, 6.07) is 9.06. The number of carbonyl (C=O) groups is 4. The maximum absolute atomic E-state index is 13.9. The second-order valence-corrected chi connectivity index (χ2v) is 20.7. The molecule has 4 aromatic rings. The van der Waals surface area contributed by atoms with Crippen molar-refractivity contribution in [2.45, 2.75) is 110 Å². The number of rotatable bonds is 17. The summed E-state index contributed by atoms with van der Waals surface area (Å²) in [4.78, 5) is 76.5. The summed E-state index contributed by atoms with van der Waals surface area (Å²) in [5, 5.41) is 15.1. The lowest BCUT2D eigenvalue weighted by Crippen LogP contribution is -2.49. The van der Waals surface area contributed by atoms with Crippen molar-refractivity contribution in [3.63, 3.8) is 0 Å². The standard InChI is InChI=1S/C49H66N12O5S2/c1-29(2)39(46(64)61-22-9-11-35(61)45(63)55-26-32-13-15-33(16-14-32)42-31(4)56-28-67-42)36(62)25-38(50)66-24-7-6-20-59-21-10-23-60(30(3)27-59)48-54-19-17-34(57-48)43(52)58-47(65)49(5)18-8-12-37-40(49)41(51)44(53)68-37/h13-17,19,25,28-30,35,39H,6-12,18,20-24,26-27,50-51,53H2,1-5H3,(H,55,63)(H2,52,58,65)/t30-,35-,39-,49-/m0/s1. The first kappa shape index (κ1) is 50.0. The molecule has 2 aliphatic heterocycles. The zero-order chi connectivity index (χ0) is 48.7. The van der Waals surface area contributed by atoms with Crippen LogP contribution >= 0.6 is 22.7 Å². The number of aromatic nitrogens is 3. The number of aryl methyl sites for hydroxylation is 2. The largest absolute Gasteiger partial charge is 0.479 e. The zero-order valence-electron chi connectivity index (χ0n) is 39.8. The van der Waals surface area contributed by atoms with Crippen molar-refractivity contribution in [2.75, 3.05) is 55.7 Å². The van der Waals surface area contributed by atoms with E-state index in [0.717, 1.165) is 84.0 Å². The summed E-state index contributed by atoms with van der Waals surface area (Å²) in [5.74, 6) is -2.29. The molecule has 2 saturated heterocycles. The molecule has 19 heteroatoms. The zero-order valence-corrected chi connectivity index (χ0v) is 41.4. The fraction of sp³-hybridized carbons (Fsp3) is 0.510. The number of anilines is 3. The Bertz CT molecular complexity index is 2510. The number of thiazole rings is 1. The molecule has 3 aliphatic rings. The van der Waals surface area contributed by atoms with Crippen LogP contribution in [0.3, 0.4) is 0 Å². The molecule has 9 N–H and O–H groups in total. The van der Waals surface area contributed by atoms with Crippen molar-refractivity contribution in [2.24, 2.45) is 17.6 Å². The molecule has 0 unspecified atom stereocenters. The van der Waals surface area contributed by atoms with Gasteiger partial charge in [-0.15, -0.1) is 22.7 Å². The number of amides is 3. The first-order valence-electron chi connectivity index (χ1n) is 23.7. The van der Waals surface area contributed by atoms with Gasteiger partial charge < -0.3 is 47.3 Å². The van der Waals surface area contributed by atoms with Crippen LogP contribution in [0, 0.1) is 24.2 Å². The molecule has 7 rings (SSSR count). The number of hydrogen-bond donors (Lipinski definition) is 6. The van der Waals surface area contributed by atoms with Crippen LogP contribution < -0.4 is 32.7 Å². The van der Waals surface area contributed by atoms with Gasteiger partial charge in [0.1, 0.15) is 22.7 Å². The van der Waals surface area contributed by atoms with E-state index in [1.54, 1.807) is 28.5 Å². The third kappa shape index (κ3) is 11.3. The number of carbonyl (C=O) groups excluding carboxylic acids is 4. The highest BCUT2D eigenvalue weighted by Crippen LogP contribution is 2.47. The molecule has 2 fully saturated rings. The maximum atomic E-state index is 13.9. The number of ketones is 1. The van der Waals surface area contributed by atoms with Crippen molar-refractivity contribution in [3.05, 3.63) is 81.4 Å². The lowest BCUT2D eigenvalue weighted by molar-refractivity contribution is -0.146. The molecular weight excluding hydrogens is 901 g/mol. The summed E-state index contributed by atoms with van der Waals surface area (Å²) in [6.45, 7) is 13.9. The fourth-order valence-electron chi connectivity index (χ4n) is 9.71. The lowest BCUT2D eigenvalue weighted by atomic mass is 9.72. The Hall–Kier alpha value is -5.92. The molecule has 3 amide bonds. The molecule has 1 aliphatic carbocycles. The Morgan fingerprint density at radius 1 is 1.04 bits per heavy atom. The molecule has 1 aromatic carbocycles. The molecule has 17 nitrogen and oxygen atoms in total. The van der Waals surface area contributed by atoms with Gasteiger partial charge in [-0.2, -0.15) is 0 Å². The van der Waals surface area contributed by atoms with E-state index >= 15 is 0 Å². The van der Waals surface area contributed by atoms with Crippen LogP contribution in [0.4, 0.5) is 16.6 Å². The van der Waals surface area contributed by atoms with Gasteiger partial charge in [0.05, 0.1) is 33.8 Å². The minimum Gasteiger partial charge on any atom is -0.479 e. The Morgan fingerprint density at radius 3 is 2.56 bits per heavy atom. The highest BCUT2D eigenvalue weighted by molar-refractivity contribution is 7.16. The van der Waals surface area contributed by atoms with E-state index in [1.807, 2.05) is 57.5 Å². The average Bonchev–Trinajstić information content (AvgIpc) is 4.02. The molecular formula is C49H66N12O5S2. The maximum Gasteiger partial charge on any atom is 0.243 e. The molecule has 4 atom stereocenters. The number of amidine groups is 1. The molecule has 0 radical (unpaired) electrons. The number of fused-ring (bicyclic) bond motifs is 1. The van der Waals surface area contributed by atoms with Gasteiger partial charge in [-0.3, -0.25) is 24.6 Å². The summed E-state index contributed by atoms with van der Waals surface area (Å²) in [6.07, 6.45) is 8.72. The van der Waals surface area contributed by atoms with E-state index in [2.05, 4.69) is 37.3 Å². The number of nitrogen functional groups attached to an aromatic ring is 2. The number of benzene rings is 1. The quantitative estimate of drug-likeness (QED) is 0.0191. The number of allylic oxidation sites excluding steroid dienone is 1. The van der Waals surface area contributed by atoms with Gasteiger partial charge in [0, 0.05) is 54.9 Å². The minimum absolute atomic E-state index is 0.0377.